The number of benzene rings is 2. The molecule has 0 fully saturated rings. The van der Waals surface area contributed by atoms with Gasteiger partial charge in [-0.05, 0) is 59.3 Å². The third-order valence-electron chi connectivity index (χ3n) is 3.38. The van der Waals surface area contributed by atoms with Crippen LogP contribution in [0.15, 0.2) is 29.4 Å². The fraction of sp³-hybridized carbons (Fsp3) is 0.235. The van der Waals surface area contributed by atoms with Crippen LogP contribution < -0.4 is 5.32 Å². The van der Waals surface area contributed by atoms with Gasteiger partial charge in [-0.2, -0.15) is 0 Å². The molecule has 0 saturated heterocycles. The number of aliphatic hydroxyl groups is 2. The second-order valence-electron chi connectivity index (χ2n) is 5.40. The Bertz CT molecular complexity index is 818. The molecule has 140 valence electrons. The first kappa shape index (κ1) is 20.5. The Balaban J connectivity index is 2.34. The molecule has 0 heterocycles. The lowest BCUT2D eigenvalue weighted by atomic mass is 10.1. The van der Waals surface area contributed by atoms with Gasteiger partial charge in [0, 0.05) is 14.8 Å². The summed E-state index contributed by atoms with van der Waals surface area (Å²) >= 11 is 2.12. The molecule has 0 spiro atoms. The van der Waals surface area contributed by atoms with E-state index >= 15 is 0 Å². The largest absolute Gasteiger partial charge is 0.394 e. The Labute approximate surface area is 161 Å². The highest BCUT2D eigenvalue weighted by atomic mass is 127. The molecular formula is C17H16F3IN2O3. The van der Waals surface area contributed by atoms with Crippen LogP contribution in [-0.2, 0) is 4.84 Å². The van der Waals surface area contributed by atoms with Crippen molar-refractivity contribution in [2.45, 2.75) is 13.0 Å². The van der Waals surface area contributed by atoms with E-state index in [1.807, 2.05) is 6.07 Å². The van der Waals surface area contributed by atoms with E-state index in [0.29, 0.717) is 5.69 Å². The van der Waals surface area contributed by atoms with Crippen molar-refractivity contribution in [2.75, 3.05) is 18.5 Å². The molecule has 5 nitrogen and oxygen atoms in total. The smallest absolute Gasteiger partial charge is 0.196 e. The van der Waals surface area contributed by atoms with Crippen molar-refractivity contribution in [1.29, 1.82) is 0 Å². The third kappa shape index (κ3) is 5.08. The monoisotopic (exact) mass is 480 g/mol. The molecule has 26 heavy (non-hydrogen) atoms. The first-order valence-electron chi connectivity index (χ1n) is 7.48. The summed E-state index contributed by atoms with van der Waals surface area (Å²) in [6, 6.07) is 6.08. The van der Waals surface area contributed by atoms with Gasteiger partial charge in [0.25, 0.3) is 0 Å². The Kier molecular flexibility index (Phi) is 7.23. The second-order valence-corrected chi connectivity index (χ2v) is 6.65. The molecule has 9 heteroatoms. The van der Waals surface area contributed by atoms with Crippen molar-refractivity contribution in [1.82, 2.24) is 0 Å². The van der Waals surface area contributed by atoms with E-state index in [0.717, 1.165) is 21.4 Å². The van der Waals surface area contributed by atoms with Crippen LogP contribution in [0.1, 0.15) is 11.1 Å². The van der Waals surface area contributed by atoms with E-state index in [2.05, 4.69) is 33.1 Å². The van der Waals surface area contributed by atoms with Crippen LogP contribution in [0.5, 0.6) is 0 Å². The Morgan fingerprint density at radius 3 is 2.65 bits per heavy atom. The summed E-state index contributed by atoms with van der Waals surface area (Å²) < 4.78 is 42.4. The van der Waals surface area contributed by atoms with Crippen molar-refractivity contribution in [2.24, 2.45) is 5.16 Å². The van der Waals surface area contributed by atoms with Gasteiger partial charge in [0.15, 0.2) is 17.5 Å². The molecule has 0 aliphatic rings. The highest BCUT2D eigenvalue weighted by Crippen LogP contribution is 2.29. The van der Waals surface area contributed by atoms with E-state index < -0.39 is 30.2 Å². The summed E-state index contributed by atoms with van der Waals surface area (Å²) in [4.78, 5) is 4.74. The predicted molar refractivity (Wildman–Crippen MR) is 100 cm³/mol. The molecule has 0 saturated carbocycles. The molecule has 0 aromatic heterocycles. The maximum absolute atomic E-state index is 14.3. The zero-order chi connectivity index (χ0) is 19.3. The summed E-state index contributed by atoms with van der Waals surface area (Å²) in [5, 5.41) is 24.1. The number of hydrogen-bond acceptors (Lipinski definition) is 5. The van der Waals surface area contributed by atoms with Gasteiger partial charge in [-0.15, -0.1) is 0 Å². The van der Waals surface area contributed by atoms with Gasteiger partial charge in [0.1, 0.15) is 12.7 Å². The molecule has 3 N–H and O–H groups in total. The van der Waals surface area contributed by atoms with Crippen LogP contribution in [0, 0.1) is 27.9 Å². The zero-order valence-corrected chi connectivity index (χ0v) is 15.8. The second kappa shape index (κ2) is 9.19. The number of oxime groups is 1. The van der Waals surface area contributed by atoms with Crippen molar-refractivity contribution in [3.63, 3.8) is 0 Å². The number of anilines is 2. The fourth-order valence-electron chi connectivity index (χ4n) is 2.02. The van der Waals surface area contributed by atoms with Crippen LogP contribution in [0.3, 0.4) is 0 Å². The average molecular weight is 480 g/mol. The molecule has 1 atom stereocenters. The molecule has 2 rings (SSSR count). The molecule has 0 radical (unpaired) electrons. The van der Waals surface area contributed by atoms with Crippen molar-refractivity contribution in [3.8, 4) is 0 Å². The molecule has 0 aliphatic carbocycles. The van der Waals surface area contributed by atoms with E-state index in [-0.39, 0.29) is 17.9 Å². The normalized spacial score (nSPS) is 12.4. The summed E-state index contributed by atoms with van der Waals surface area (Å²) in [5.74, 6) is -4.37. The highest BCUT2D eigenvalue weighted by Gasteiger charge is 2.19. The van der Waals surface area contributed by atoms with Crippen LogP contribution in [0.25, 0.3) is 0 Å². The average Bonchev–Trinajstić information content (AvgIpc) is 2.61. The van der Waals surface area contributed by atoms with E-state index in [9.17, 15) is 13.2 Å². The first-order chi connectivity index (χ1) is 12.3. The molecule has 0 amide bonds. The van der Waals surface area contributed by atoms with Gasteiger partial charge in [0.2, 0.25) is 0 Å². The molecular weight excluding hydrogens is 464 g/mol. The van der Waals surface area contributed by atoms with Crippen LogP contribution >= 0.6 is 22.6 Å². The van der Waals surface area contributed by atoms with E-state index in [4.69, 9.17) is 15.1 Å². The van der Waals surface area contributed by atoms with Crippen LogP contribution in [-0.4, -0.2) is 35.7 Å². The first-order valence-corrected chi connectivity index (χ1v) is 8.56. The Morgan fingerprint density at radius 2 is 2.00 bits per heavy atom. The molecule has 1 unspecified atom stereocenters. The minimum atomic E-state index is -1.61. The summed E-state index contributed by atoms with van der Waals surface area (Å²) in [6.07, 6.45) is -0.152. The van der Waals surface area contributed by atoms with E-state index in [1.165, 1.54) is 0 Å². The standard InChI is InChI=1S/C17H16F3IN2O3/c1-9-4-11(21)2-3-14(9)23-17-10(5-13(18)15(19)16(17)20)6-22-26-8-12(25)7-24/h2-6,12,23-25H,7-8H2,1H3/b22-6+. The lowest BCUT2D eigenvalue weighted by molar-refractivity contribution is 0.00884. The van der Waals surface area contributed by atoms with Gasteiger partial charge in [-0.25, -0.2) is 13.2 Å². The van der Waals surface area contributed by atoms with Gasteiger partial charge in [-0.1, -0.05) is 5.16 Å². The van der Waals surface area contributed by atoms with E-state index in [1.54, 1.807) is 19.1 Å². The number of aliphatic hydroxyl groups excluding tert-OH is 2. The minimum Gasteiger partial charge on any atom is -0.394 e. The van der Waals surface area contributed by atoms with Gasteiger partial charge >= 0.3 is 0 Å². The fourth-order valence-corrected chi connectivity index (χ4v) is 2.67. The summed E-state index contributed by atoms with van der Waals surface area (Å²) in [6.45, 7) is 0.960. The zero-order valence-electron chi connectivity index (χ0n) is 13.6. The molecule has 2 aromatic rings. The molecule has 0 aliphatic heterocycles. The number of aryl methyl sites for hydroxylation is 1. The number of nitrogens with zero attached hydrogens (tertiary/aromatic N) is 1. The quantitative estimate of drug-likeness (QED) is 0.246. The predicted octanol–water partition coefficient (Wildman–Crippen LogP) is 3.46. The van der Waals surface area contributed by atoms with Crippen molar-refractivity contribution < 1.29 is 28.2 Å². The maximum atomic E-state index is 14.3. The Hall–Kier alpha value is -1.85. The third-order valence-corrected chi connectivity index (χ3v) is 4.06. The van der Waals surface area contributed by atoms with Gasteiger partial charge < -0.3 is 20.4 Å². The highest BCUT2D eigenvalue weighted by molar-refractivity contribution is 14.1. The number of halogens is 4. The van der Waals surface area contributed by atoms with Crippen LogP contribution in [0.4, 0.5) is 24.5 Å². The SMILES string of the molecule is Cc1cc(I)ccc1Nc1c(/C=N/OCC(O)CO)cc(F)c(F)c1F. The lowest BCUT2D eigenvalue weighted by Gasteiger charge is -2.14. The van der Waals surface area contributed by atoms with Crippen molar-refractivity contribution >= 4 is 40.2 Å². The topological polar surface area (TPSA) is 74.1 Å². The van der Waals surface area contributed by atoms with Gasteiger partial charge in [0.05, 0.1) is 18.5 Å². The Morgan fingerprint density at radius 1 is 1.27 bits per heavy atom. The number of rotatable bonds is 7. The molecule has 0 bridgehead atoms. The van der Waals surface area contributed by atoms with Crippen molar-refractivity contribution in [3.05, 3.63) is 56.4 Å². The van der Waals surface area contributed by atoms with Gasteiger partial charge in [-0.3, -0.25) is 0 Å². The number of nitrogens with one attached hydrogen (secondary N) is 1. The molecule has 2 aromatic carbocycles. The minimum absolute atomic E-state index is 0.0853. The summed E-state index contributed by atoms with van der Waals surface area (Å²) in [5.41, 5.74) is 0.911. The lowest BCUT2D eigenvalue weighted by Crippen LogP contribution is -2.17. The van der Waals surface area contributed by atoms with Crippen LogP contribution in [0.2, 0.25) is 0 Å². The number of hydrogen-bond donors (Lipinski definition) is 3. The maximum Gasteiger partial charge on any atom is 0.196 e. The summed E-state index contributed by atoms with van der Waals surface area (Å²) in [7, 11) is 0.